The molecule has 0 spiro atoms. The second-order valence-electron chi connectivity index (χ2n) is 6.51. The van der Waals surface area contributed by atoms with Gasteiger partial charge >= 0.3 is 0 Å². The zero-order valence-electron chi connectivity index (χ0n) is 15.1. The van der Waals surface area contributed by atoms with E-state index in [1.165, 1.54) is 0 Å². The van der Waals surface area contributed by atoms with Crippen LogP contribution >= 0.6 is 35.4 Å². The maximum absolute atomic E-state index is 13.1. The maximum Gasteiger partial charge on any atom is 0.255 e. The molecule has 0 radical (unpaired) electrons. The minimum absolute atomic E-state index is 0.222. The Hall–Kier alpha value is -2.08. The van der Waals surface area contributed by atoms with Crippen molar-refractivity contribution in [2.45, 2.75) is 26.8 Å². The average molecular weight is 420 g/mol. The number of hydrogen-bond acceptors (Lipinski definition) is 2. The fourth-order valence-electron chi connectivity index (χ4n) is 3.02. The van der Waals surface area contributed by atoms with Crippen molar-refractivity contribution in [3.63, 3.8) is 0 Å². The number of halogens is 2. The third-order valence-corrected chi connectivity index (χ3v) is 5.21. The van der Waals surface area contributed by atoms with Crippen molar-refractivity contribution in [2.24, 2.45) is 0 Å². The summed E-state index contributed by atoms with van der Waals surface area (Å²) in [6, 6.07) is 10.6. The van der Waals surface area contributed by atoms with Gasteiger partial charge in [-0.05, 0) is 67.9 Å². The Kier molecular flexibility index (Phi) is 5.75. The minimum atomic E-state index is -0.478. The fraction of sp³-hybridized carbons (Fsp3) is 0.200. The maximum atomic E-state index is 13.1. The molecule has 2 aromatic carbocycles. The molecule has 3 rings (SSSR count). The first kappa shape index (κ1) is 19.7. The van der Waals surface area contributed by atoms with Crippen LogP contribution in [0.5, 0.6) is 0 Å². The van der Waals surface area contributed by atoms with Gasteiger partial charge in [0.05, 0.1) is 11.6 Å². The van der Waals surface area contributed by atoms with E-state index < -0.39 is 6.04 Å². The van der Waals surface area contributed by atoms with E-state index in [4.69, 9.17) is 35.4 Å². The predicted octanol–water partition coefficient (Wildman–Crippen LogP) is 5.04. The normalized spacial score (nSPS) is 16.6. The molecule has 140 valence electrons. The van der Waals surface area contributed by atoms with Crippen LogP contribution in [0.1, 0.15) is 29.7 Å². The number of carbonyl (C=O) groups is 1. The summed E-state index contributed by atoms with van der Waals surface area (Å²) in [5.74, 6) is -0.222. The van der Waals surface area contributed by atoms with E-state index in [2.05, 4.69) is 16.0 Å². The molecule has 7 heteroatoms. The van der Waals surface area contributed by atoms with Gasteiger partial charge in [-0.15, -0.1) is 0 Å². The predicted molar refractivity (Wildman–Crippen MR) is 115 cm³/mol. The molecule has 1 amide bonds. The monoisotopic (exact) mass is 419 g/mol. The van der Waals surface area contributed by atoms with Crippen LogP contribution in [-0.4, -0.2) is 11.0 Å². The lowest BCUT2D eigenvalue weighted by Crippen LogP contribution is -2.45. The smallest absolute Gasteiger partial charge is 0.255 e. The minimum Gasteiger partial charge on any atom is -0.351 e. The highest BCUT2D eigenvalue weighted by Crippen LogP contribution is 2.34. The lowest BCUT2D eigenvalue weighted by atomic mass is 9.94. The van der Waals surface area contributed by atoms with Crippen LogP contribution in [-0.2, 0) is 4.79 Å². The van der Waals surface area contributed by atoms with Crippen molar-refractivity contribution in [3.8, 4) is 0 Å². The van der Waals surface area contributed by atoms with Gasteiger partial charge in [0, 0.05) is 21.4 Å². The molecule has 27 heavy (non-hydrogen) atoms. The van der Waals surface area contributed by atoms with Gasteiger partial charge in [-0.2, -0.15) is 0 Å². The number of rotatable bonds is 3. The SMILES string of the molecule is CC1=C(C(=O)Nc2cc(C)ccc2C)C(c2ccc(Cl)cc2Cl)NC(=S)N1. The first-order chi connectivity index (χ1) is 12.8. The van der Waals surface area contributed by atoms with Gasteiger partial charge in [-0.25, -0.2) is 0 Å². The number of thiocarbonyl (C=S) groups is 1. The number of nitrogens with one attached hydrogen (secondary N) is 3. The Morgan fingerprint density at radius 2 is 1.85 bits per heavy atom. The number of allylic oxidation sites excluding steroid dienone is 1. The Morgan fingerprint density at radius 1 is 1.11 bits per heavy atom. The van der Waals surface area contributed by atoms with E-state index >= 15 is 0 Å². The topological polar surface area (TPSA) is 53.2 Å². The molecular weight excluding hydrogens is 401 g/mol. The molecule has 0 bridgehead atoms. The van der Waals surface area contributed by atoms with E-state index in [1.807, 2.05) is 39.0 Å². The largest absolute Gasteiger partial charge is 0.351 e. The van der Waals surface area contributed by atoms with Crippen molar-refractivity contribution in [3.05, 3.63) is 74.4 Å². The fourth-order valence-corrected chi connectivity index (χ4v) is 3.81. The van der Waals surface area contributed by atoms with Crippen LogP contribution < -0.4 is 16.0 Å². The number of benzene rings is 2. The summed E-state index contributed by atoms with van der Waals surface area (Å²) < 4.78 is 0. The van der Waals surface area contributed by atoms with Gasteiger partial charge in [-0.3, -0.25) is 4.79 Å². The molecule has 1 heterocycles. The molecule has 0 aromatic heterocycles. The van der Waals surface area contributed by atoms with E-state index in [9.17, 15) is 4.79 Å². The average Bonchev–Trinajstić information content (AvgIpc) is 2.57. The molecule has 0 saturated heterocycles. The van der Waals surface area contributed by atoms with Crippen molar-refractivity contribution in [1.29, 1.82) is 0 Å². The highest BCUT2D eigenvalue weighted by molar-refractivity contribution is 7.80. The van der Waals surface area contributed by atoms with Crippen molar-refractivity contribution in [2.75, 3.05) is 5.32 Å². The molecule has 1 aliphatic heterocycles. The van der Waals surface area contributed by atoms with E-state index in [0.717, 1.165) is 22.4 Å². The van der Waals surface area contributed by atoms with Crippen LogP contribution in [0.2, 0.25) is 10.0 Å². The summed E-state index contributed by atoms with van der Waals surface area (Å²) in [5.41, 5.74) is 4.76. The van der Waals surface area contributed by atoms with E-state index in [0.29, 0.717) is 26.4 Å². The summed E-state index contributed by atoms with van der Waals surface area (Å²) >= 11 is 17.7. The van der Waals surface area contributed by atoms with Gasteiger partial charge < -0.3 is 16.0 Å². The van der Waals surface area contributed by atoms with Crippen LogP contribution in [0.15, 0.2) is 47.7 Å². The number of carbonyl (C=O) groups excluding carboxylic acids is 1. The van der Waals surface area contributed by atoms with Crippen molar-refractivity contribution < 1.29 is 4.79 Å². The number of hydrogen-bond donors (Lipinski definition) is 3. The summed E-state index contributed by atoms with van der Waals surface area (Å²) in [5, 5.41) is 10.6. The Bertz CT molecular complexity index is 972. The van der Waals surface area contributed by atoms with Crippen LogP contribution in [0, 0.1) is 13.8 Å². The Labute approximate surface area is 173 Å². The molecule has 4 nitrogen and oxygen atoms in total. The van der Waals surface area contributed by atoms with Crippen LogP contribution in [0.3, 0.4) is 0 Å². The molecule has 0 aliphatic carbocycles. The molecular formula is C20H19Cl2N3OS. The van der Waals surface area contributed by atoms with Gasteiger partial charge in [0.1, 0.15) is 0 Å². The van der Waals surface area contributed by atoms with E-state index in [1.54, 1.807) is 18.2 Å². The van der Waals surface area contributed by atoms with Gasteiger partial charge in [-0.1, -0.05) is 41.4 Å². The standard InChI is InChI=1S/C20H19Cl2N3OS/c1-10-4-5-11(2)16(8-10)24-19(26)17-12(3)23-20(27)25-18(17)14-7-6-13(21)9-15(14)22/h4-9,18H,1-3H3,(H,24,26)(H2,23,25,27). The zero-order chi connectivity index (χ0) is 19.7. The van der Waals surface area contributed by atoms with Crippen LogP contribution in [0.25, 0.3) is 0 Å². The van der Waals surface area contributed by atoms with E-state index in [-0.39, 0.29) is 5.91 Å². The molecule has 0 fully saturated rings. The quantitative estimate of drug-likeness (QED) is 0.609. The third-order valence-electron chi connectivity index (χ3n) is 4.43. The lowest BCUT2D eigenvalue weighted by Gasteiger charge is -2.31. The second kappa shape index (κ2) is 7.89. The molecule has 1 unspecified atom stereocenters. The number of anilines is 1. The van der Waals surface area contributed by atoms with Gasteiger partial charge in [0.2, 0.25) is 0 Å². The van der Waals surface area contributed by atoms with Crippen molar-refractivity contribution in [1.82, 2.24) is 10.6 Å². The van der Waals surface area contributed by atoms with Gasteiger partial charge in [0.15, 0.2) is 5.11 Å². The molecule has 3 N–H and O–H groups in total. The number of amides is 1. The highest BCUT2D eigenvalue weighted by Gasteiger charge is 2.31. The van der Waals surface area contributed by atoms with Crippen LogP contribution in [0.4, 0.5) is 5.69 Å². The Balaban J connectivity index is 2.01. The molecule has 1 aliphatic rings. The first-order valence-electron chi connectivity index (χ1n) is 8.38. The summed E-state index contributed by atoms with van der Waals surface area (Å²) in [7, 11) is 0. The zero-order valence-corrected chi connectivity index (χ0v) is 17.4. The van der Waals surface area contributed by atoms with Gasteiger partial charge in [0.25, 0.3) is 5.91 Å². The highest BCUT2D eigenvalue weighted by atomic mass is 35.5. The summed E-state index contributed by atoms with van der Waals surface area (Å²) in [6.07, 6.45) is 0. The molecule has 0 saturated carbocycles. The second-order valence-corrected chi connectivity index (χ2v) is 7.76. The molecule has 1 atom stereocenters. The summed E-state index contributed by atoms with van der Waals surface area (Å²) in [4.78, 5) is 13.1. The van der Waals surface area contributed by atoms with Crippen molar-refractivity contribution >= 4 is 52.1 Å². The lowest BCUT2D eigenvalue weighted by molar-refractivity contribution is -0.113. The molecule has 2 aromatic rings. The third kappa shape index (κ3) is 4.26. The number of aryl methyl sites for hydroxylation is 2. The summed E-state index contributed by atoms with van der Waals surface area (Å²) in [6.45, 7) is 5.76. The Morgan fingerprint density at radius 3 is 2.56 bits per heavy atom. The first-order valence-corrected chi connectivity index (χ1v) is 9.54.